The molecular formula is C29H28ClFN2O4S. The van der Waals surface area contributed by atoms with Crippen LogP contribution in [-0.2, 0) is 9.84 Å². The van der Waals surface area contributed by atoms with Crippen LogP contribution in [0.5, 0.6) is 0 Å². The van der Waals surface area contributed by atoms with Crippen LogP contribution in [0.25, 0.3) is 10.9 Å². The van der Waals surface area contributed by atoms with E-state index in [4.69, 9.17) is 11.6 Å². The van der Waals surface area contributed by atoms with Crippen LogP contribution in [-0.4, -0.2) is 36.9 Å². The highest BCUT2D eigenvalue weighted by molar-refractivity contribution is 7.90. The van der Waals surface area contributed by atoms with Crippen molar-refractivity contribution in [3.05, 3.63) is 110 Å². The van der Waals surface area contributed by atoms with Crippen LogP contribution in [0.2, 0.25) is 5.02 Å². The number of halogens is 2. The number of aliphatic hydroxyl groups is 1. The molecule has 38 heavy (non-hydrogen) atoms. The minimum atomic E-state index is -3.46. The summed E-state index contributed by atoms with van der Waals surface area (Å²) in [4.78, 5) is 16.5. The Morgan fingerprint density at radius 3 is 2.50 bits per heavy atom. The lowest BCUT2D eigenvalue weighted by Gasteiger charge is -2.43. The molecular weight excluding hydrogens is 527 g/mol. The van der Waals surface area contributed by atoms with E-state index >= 15 is 0 Å². The summed E-state index contributed by atoms with van der Waals surface area (Å²) in [7, 11) is -3.46. The molecule has 5 rings (SSSR count). The number of sulfone groups is 1. The third-order valence-corrected chi connectivity index (χ3v) is 8.80. The maximum absolute atomic E-state index is 13.8. The molecule has 9 heteroatoms. The smallest absolute Gasteiger partial charge is 0.252 e. The largest absolute Gasteiger partial charge is 0.389 e. The SMILES string of the molecule is Cc1cc(F)ccc1C1CC(O)(C(c2ccc(Cl)cc2)c2cc3cc(S(C)(=O)=O)ccc3[nH]c2=O)CCN1. The summed E-state index contributed by atoms with van der Waals surface area (Å²) in [5.41, 5.74) is 1.46. The van der Waals surface area contributed by atoms with Crippen molar-refractivity contribution in [2.24, 2.45) is 0 Å². The minimum Gasteiger partial charge on any atom is -0.389 e. The predicted octanol–water partition coefficient (Wildman–Crippen LogP) is 5.02. The lowest BCUT2D eigenvalue weighted by molar-refractivity contribution is -0.0194. The Bertz CT molecular complexity index is 1690. The van der Waals surface area contributed by atoms with Gasteiger partial charge in [0.25, 0.3) is 5.56 Å². The van der Waals surface area contributed by atoms with Gasteiger partial charge < -0.3 is 15.4 Å². The van der Waals surface area contributed by atoms with Crippen molar-refractivity contribution in [1.82, 2.24) is 10.3 Å². The van der Waals surface area contributed by atoms with Crippen molar-refractivity contribution in [3.63, 3.8) is 0 Å². The molecule has 0 radical (unpaired) electrons. The number of hydrogen-bond donors (Lipinski definition) is 3. The van der Waals surface area contributed by atoms with E-state index in [1.54, 1.807) is 42.5 Å². The summed E-state index contributed by atoms with van der Waals surface area (Å²) in [5.74, 6) is -1.06. The lowest BCUT2D eigenvalue weighted by atomic mass is 9.70. The number of piperidine rings is 1. The molecule has 0 amide bonds. The van der Waals surface area contributed by atoms with Crippen LogP contribution >= 0.6 is 11.6 Å². The van der Waals surface area contributed by atoms with Crippen LogP contribution < -0.4 is 10.9 Å². The van der Waals surface area contributed by atoms with Crippen molar-refractivity contribution in [2.45, 2.75) is 42.2 Å². The Hall–Kier alpha value is -3.04. The second-order valence-electron chi connectivity index (χ2n) is 10.1. The number of pyridine rings is 1. The number of aromatic nitrogens is 1. The zero-order chi connectivity index (χ0) is 27.2. The first-order valence-corrected chi connectivity index (χ1v) is 14.6. The molecule has 1 aliphatic heterocycles. The standard InChI is InChI=1S/C29H28ClFN2O4S/c1-17-13-21(31)7-9-23(17)26-16-29(35,11-12-32-26)27(18-3-5-20(30)6-4-18)24-15-19-14-22(38(2,36)37)8-10-25(19)33-28(24)34/h3-10,13-15,26-27,32,35H,11-12,16H2,1-2H3,(H,33,34). The van der Waals surface area contributed by atoms with Crippen LogP contribution in [0.3, 0.4) is 0 Å². The van der Waals surface area contributed by atoms with Gasteiger partial charge in [0, 0.05) is 34.3 Å². The van der Waals surface area contributed by atoms with E-state index in [1.165, 1.54) is 24.3 Å². The number of nitrogens with one attached hydrogen (secondary N) is 2. The summed E-state index contributed by atoms with van der Waals surface area (Å²) < 4.78 is 38.1. The highest BCUT2D eigenvalue weighted by atomic mass is 35.5. The zero-order valence-corrected chi connectivity index (χ0v) is 22.5. The van der Waals surface area contributed by atoms with Crippen LogP contribution in [0.15, 0.2) is 76.4 Å². The van der Waals surface area contributed by atoms with Crippen LogP contribution in [0.1, 0.15) is 47.1 Å². The summed E-state index contributed by atoms with van der Waals surface area (Å²) in [5, 5.41) is 16.8. The Kier molecular flexibility index (Phi) is 6.94. The third kappa shape index (κ3) is 5.14. The average molecular weight is 555 g/mol. The van der Waals surface area contributed by atoms with Crippen LogP contribution in [0, 0.1) is 12.7 Å². The molecule has 3 atom stereocenters. The molecule has 0 spiro atoms. The fraction of sp³-hybridized carbons (Fsp3) is 0.276. The van der Waals surface area contributed by atoms with Crippen molar-refractivity contribution >= 4 is 32.3 Å². The molecule has 1 aromatic heterocycles. The molecule has 3 aromatic carbocycles. The first kappa shape index (κ1) is 26.6. The van der Waals surface area contributed by atoms with Gasteiger partial charge in [0.05, 0.1) is 10.5 Å². The fourth-order valence-corrected chi connectivity index (χ4v) is 6.37. The van der Waals surface area contributed by atoms with Gasteiger partial charge in [0.1, 0.15) is 5.82 Å². The van der Waals surface area contributed by atoms with E-state index in [-0.39, 0.29) is 28.7 Å². The molecule has 0 aliphatic carbocycles. The number of rotatable bonds is 5. The van der Waals surface area contributed by atoms with E-state index in [2.05, 4.69) is 10.3 Å². The minimum absolute atomic E-state index is 0.137. The van der Waals surface area contributed by atoms with Gasteiger partial charge in [-0.3, -0.25) is 4.79 Å². The molecule has 6 nitrogen and oxygen atoms in total. The van der Waals surface area contributed by atoms with E-state index in [1.807, 2.05) is 6.92 Å². The van der Waals surface area contributed by atoms with Gasteiger partial charge >= 0.3 is 0 Å². The molecule has 3 N–H and O–H groups in total. The van der Waals surface area contributed by atoms with Gasteiger partial charge in [-0.15, -0.1) is 0 Å². The fourth-order valence-electron chi connectivity index (χ4n) is 5.58. The highest BCUT2D eigenvalue weighted by Gasteiger charge is 2.44. The first-order valence-electron chi connectivity index (χ1n) is 12.3. The number of H-pyrrole nitrogens is 1. The zero-order valence-electron chi connectivity index (χ0n) is 21.0. The molecule has 1 fully saturated rings. The third-order valence-electron chi connectivity index (χ3n) is 7.44. The maximum Gasteiger partial charge on any atom is 0.252 e. The van der Waals surface area contributed by atoms with Crippen molar-refractivity contribution < 1.29 is 17.9 Å². The van der Waals surface area contributed by atoms with Gasteiger partial charge in [-0.25, -0.2) is 12.8 Å². The molecule has 3 unspecified atom stereocenters. The molecule has 0 bridgehead atoms. The molecule has 1 saturated heterocycles. The molecule has 0 saturated carbocycles. The van der Waals surface area contributed by atoms with Crippen molar-refractivity contribution in [3.8, 4) is 0 Å². The summed E-state index contributed by atoms with van der Waals surface area (Å²) in [6.07, 6.45) is 1.76. The molecule has 4 aromatic rings. The van der Waals surface area contributed by atoms with Gasteiger partial charge in [0.2, 0.25) is 0 Å². The van der Waals surface area contributed by atoms with Crippen molar-refractivity contribution in [2.75, 3.05) is 12.8 Å². The van der Waals surface area contributed by atoms with Gasteiger partial charge in [-0.05, 0) is 96.9 Å². The monoisotopic (exact) mass is 554 g/mol. The Morgan fingerprint density at radius 1 is 1.08 bits per heavy atom. The quantitative estimate of drug-likeness (QED) is 0.322. The normalized spacial score (nSPS) is 20.9. The molecule has 1 aliphatic rings. The maximum atomic E-state index is 13.8. The number of hydrogen-bond acceptors (Lipinski definition) is 5. The lowest BCUT2D eigenvalue weighted by Crippen LogP contribution is -2.49. The number of aryl methyl sites for hydroxylation is 1. The summed E-state index contributed by atoms with van der Waals surface area (Å²) >= 11 is 6.16. The average Bonchev–Trinajstić information content (AvgIpc) is 2.85. The van der Waals surface area contributed by atoms with E-state index in [0.29, 0.717) is 40.0 Å². The Balaban J connectivity index is 1.67. The summed E-state index contributed by atoms with van der Waals surface area (Å²) in [6.45, 7) is 2.31. The molecule has 2 heterocycles. The summed E-state index contributed by atoms with van der Waals surface area (Å²) in [6, 6.07) is 17.6. The van der Waals surface area contributed by atoms with E-state index in [9.17, 15) is 22.7 Å². The first-order chi connectivity index (χ1) is 17.9. The number of aromatic amines is 1. The second kappa shape index (κ2) is 9.93. The van der Waals surface area contributed by atoms with Gasteiger partial charge in [-0.1, -0.05) is 29.8 Å². The van der Waals surface area contributed by atoms with Crippen molar-refractivity contribution in [1.29, 1.82) is 0 Å². The number of fused-ring (bicyclic) bond motifs is 1. The van der Waals surface area contributed by atoms with E-state index in [0.717, 1.165) is 17.4 Å². The number of benzene rings is 3. The highest BCUT2D eigenvalue weighted by Crippen LogP contribution is 2.44. The van der Waals surface area contributed by atoms with Gasteiger partial charge in [-0.2, -0.15) is 0 Å². The Morgan fingerprint density at radius 2 is 1.82 bits per heavy atom. The second-order valence-corrected chi connectivity index (χ2v) is 12.6. The van der Waals surface area contributed by atoms with Gasteiger partial charge in [0.15, 0.2) is 9.84 Å². The van der Waals surface area contributed by atoms with E-state index < -0.39 is 21.4 Å². The van der Waals surface area contributed by atoms with Crippen LogP contribution in [0.4, 0.5) is 4.39 Å². The molecule has 198 valence electrons. The predicted molar refractivity (Wildman–Crippen MR) is 147 cm³/mol. The Labute approximate surface area is 225 Å². The topological polar surface area (TPSA) is 99.3 Å².